The molecule has 19 heavy (non-hydrogen) atoms. The molecule has 0 spiro atoms. The van der Waals surface area contributed by atoms with Crippen LogP contribution >= 0.6 is 0 Å². The molecule has 0 aliphatic heterocycles. The zero-order valence-corrected chi connectivity index (χ0v) is 13.0. The van der Waals surface area contributed by atoms with E-state index in [1.54, 1.807) is 0 Å². The first-order chi connectivity index (χ1) is 8.83. The highest BCUT2D eigenvalue weighted by molar-refractivity contribution is 5.54. The van der Waals surface area contributed by atoms with E-state index in [1.807, 2.05) is 20.9 Å². The van der Waals surface area contributed by atoms with Gasteiger partial charge in [-0.1, -0.05) is 24.6 Å². The molecule has 0 heterocycles. The number of likely N-dealkylation sites (N-methyl/N-ethyl adjacent to an activating group) is 1. The van der Waals surface area contributed by atoms with Crippen LogP contribution in [0.5, 0.6) is 0 Å². The maximum absolute atomic E-state index is 9.95. The lowest BCUT2D eigenvalue weighted by atomic mass is 10.1. The van der Waals surface area contributed by atoms with Gasteiger partial charge < -0.3 is 15.3 Å². The van der Waals surface area contributed by atoms with Gasteiger partial charge in [0.05, 0.1) is 5.60 Å². The smallest absolute Gasteiger partial charge is 0.0765 e. The van der Waals surface area contributed by atoms with Crippen molar-refractivity contribution in [3.05, 3.63) is 29.3 Å². The maximum Gasteiger partial charge on any atom is 0.0765 e. The fourth-order valence-electron chi connectivity index (χ4n) is 2.29. The lowest BCUT2D eigenvalue weighted by molar-refractivity contribution is 0.0886. The van der Waals surface area contributed by atoms with Gasteiger partial charge in [-0.05, 0) is 45.4 Å². The topological polar surface area (TPSA) is 35.5 Å². The minimum Gasteiger partial charge on any atom is -0.389 e. The monoisotopic (exact) mass is 264 g/mol. The normalized spacial score (nSPS) is 11.7. The summed E-state index contributed by atoms with van der Waals surface area (Å²) in [7, 11) is 2.03. The molecule has 108 valence electrons. The van der Waals surface area contributed by atoms with Crippen LogP contribution in [0.15, 0.2) is 18.2 Å². The highest BCUT2D eigenvalue weighted by Gasteiger charge is 2.17. The molecule has 0 saturated carbocycles. The predicted molar refractivity (Wildman–Crippen MR) is 82.7 cm³/mol. The van der Waals surface area contributed by atoms with Gasteiger partial charge in [-0.15, -0.1) is 0 Å². The molecule has 0 saturated heterocycles. The van der Waals surface area contributed by atoms with Gasteiger partial charge in [0.25, 0.3) is 0 Å². The van der Waals surface area contributed by atoms with E-state index in [2.05, 4.69) is 42.3 Å². The van der Waals surface area contributed by atoms with Crippen LogP contribution < -0.4 is 10.2 Å². The highest BCUT2D eigenvalue weighted by Crippen LogP contribution is 2.22. The average Bonchev–Trinajstić information content (AvgIpc) is 2.27. The zero-order valence-electron chi connectivity index (χ0n) is 13.0. The summed E-state index contributed by atoms with van der Waals surface area (Å²) in [5, 5.41) is 13.4. The van der Waals surface area contributed by atoms with Crippen molar-refractivity contribution in [2.75, 3.05) is 25.0 Å². The van der Waals surface area contributed by atoms with E-state index < -0.39 is 5.60 Å². The van der Waals surface area contributed by atoms with Gasteiger partial charge in [-0.25, -0.2) is 0 Å². The number of aliphatic hydroxyl groups is 1. The molecule has 2 N–H and O–H groups in total. The third-order valence-corrected chi connectivity index (χ3v) is 3.01. The molecule has 1 aromatic rings. The predicted octanol–water partition coefficient (Wildman–Crippen LogP) is 2.70. The molecular formula is C16H28N2O. The summed E-state index contributed by atoms with van der Waals surface area (Å²) in [4.78, 5) is 2.13. The standard InChI is InChI=1S/C16H28N2O/c1-6-9-17-11-14-10-13(2)7-8-15(14)18(5)12-16(3,4)19/h7-8,10,17,19H,6,9,11-12H2,1-5H3. The molecule has 3 heteroatoms. The van der Waals surface area contributed by atoms with Crippen LogP contribution in [0.1, 0.15) is 38.3 Å². The Balaban J connectivity index is 2.86. The second-order valence-electron chi connectivity index (χ2n) is 5.98. The van der Waals surface area contributed by atoms with Crippen LogP contribution in [0, 0.1) is 6.92 Å². The third-order valence-electron chi connectivity index (χ3n) is 3.01. The summed E-state index contributed by atoms with van der Waals surface area (Å²) in [5.41, 5.74) is 3.07. The Labute approximate surface area is 117 Å². The molecule has 0 aliphatic carbocycles. The number of aryl methyl sites for hydroxylation is 1. The lowest BCUT2D eigenvalue weighted by Crippen LogP contribution is -2.36. The van der Waals surface area contributed by atoms with E-state index in [0.717, 1.165) is 19.5 Å². The number of nitrogens with one attached hydrogen (secondary N) is 1. The minimum atomic E-state index is -0.687. The largest absolute Gasteiger partial charge is 0.389 e. The number of nitrogens with zero attached hydrogens (tertiary/aromatic N) is 1. The molecule has 0 radical (unpaired) electrons. The first kappa shape index (κ1) is 16.0. The lowest BCUT2D eigenvalue weighted by Gasteiger charge is -2.29. The molecule has 0 amide bonds. The number of benzene rings is 1. The SMILES string of the molecule is CCCNCc1cc(C)ccc1N(C)CC(C)(C)O. The van der Waals surface area contributed by atoms with Crippen LogP contribution in [-0.4, -0.2) is 30.8 Å². The van der Waals surface area contributed by atoms with Crippen molar-refractivity contribution in [1.29, 1.82) is 0 Å². The minimum absolute atomic E-state index is 0.622. The Morgan fingerprint density at radius 2 is 2.00 bits per heavy atom. The number of rotatable bonds is 7. The third kappa shape index (κ3) is 5.62. The summed E-state index contributed by atoms with van der Waals surface area (Å²) < 4.78 is 0. The van der Waals surface area contributed by atoms with Crippen molar-refractivity contribution in [2.24, 2.45) is 0 Å². The fourth-order valence-corrected chi connectivity index (χ4v) is 2.29. The summed E-state index contributed by atoms with van der Waals surface area (Å²) >= 11 is 0. The maximum atomic E-state index is 9.95. The van der Waals surface area contributed by atoms with Gasteiger partial charge in [-0.3, -0.25) is 0 Å². The fraction of sp³-hybridized carbons (Fsp3) is 0.625. The van der Waals surface area contributed by atoms with Crippen LogP contribution in [-0.2, 0) is 6.54 Å². The van der Waals surface area contributed by atoms with Crippen molar-refractivity contribution in [3.8, 4) is 0 Å². The highest BCUT2D eigenvalue weighted by atomic mass is 16.3. The molecule has 0 atom stereocenters. The van der Waals surface area contributed by atoms with Gasteiger partial charge in [0, 0.05) is 25.8 Å². The number of hydrogen-bond donors (Lipinski definition) is 2. The molecular weight excluding hydrogens is 236 g/mol. The van der Waals surface area contributed by atoms with Crippen molar-refractivity contribution >= 4 is 5.69 Å². The van der Waals surface area contributed by atoms with E-state index in [1.165, 1.54) is 16.8 Å². The van der Waals surface area contributed by atoms with Gasteiger partial charge in [0.15, 0.2) is 0 Å². The van der Waals surface area contributed by atoms with E-state index in [4.69, 9.17) is 0 Å². The quantitative estimate of drug-likeness (QED) is 0.743. The first-order valence-corrected chi connectivity index (χ1v) is 7.07. The van der Waals surface area contributed by atoms with Gasteiger partial charge >= 0.3 is 0 Å². The molecule has 3 nitrogen and oxygen atoms in total. The van der Waals surface area contributed by atoms with E-state index >= 15 is 0 Å². The Hall–Kier alpha value is -1.06. The number of hydrogen-bond acceptors (Lipinski definition) is 3. The molecule has 0 aliphatic rings. The second-order valence-corrected chi connectivity index (χ2v) is 5.98. The Morgan fingerprint density at radius 1 is 1.32 bits per heavy atom. The Kier molecular flexibility index (Phi) is 5.83. The molecule has 1 rings (SSSR count). The van der Waals surface area contributed by atoms with Crippen LogP contribution in [0.25, 0.3) is 0 Å². The summed E-state index contributed by atoms with van der Waals surface area (Å²) in [6, 6.07) is 6.49. The van der Waals surface area contributed by atoms with Crippen LogP contribution in [0.4, 0.5) is 5.69 Å². The van der Waals surface area contributed by atoms with E-state index in [-0.39, 0.29) is 0 Å². The Morgan fingerprint density at radius 3 is 2.58 bits per heavy atom. The molecule has 0 unspecified atom stereocenters. The van der Waals surface area contributed by atoms with E-state index in [9.17, 15) is 5.11 Å². The summed E-state index contributed by atoms with van der Waals surface area (Å²) in [6.07, 6.45) is 1.14. The molecule has 0 fully saturated rings. The van der Waals surface area contributed by atoms with Crippen LogP contribution in [0.2, 0.25) is 0 Å². The van der Waals surface area contributed by atoms with Crippen molar-refractivity contribution in [3.63, 3.8) is 0 Å². The van der Waals surface area contributed by atoms with Gasteiger partial charge in [0.1, 0.15) is 0 Å². The summed E-state index contributed by atoms with van der Waals surface area (Å²) in [6.45, 7) is 10.5. The van der Waals surface area contributed by atoms with Crippen molar-refractivity contribution in [1.82, 2.24) is 5.32 Å². The number of anilines is 1. The Bertz CT molecular complexity index is 396. The van der Waals surface area contributed by atoms with E-state index in [0.29, 0.717) is 6.54 Å². The second kappa shape index (κ2) is 6.92. The van der Waals surface area contributed by atoms with Gasteiger partial charge in [0.2, 0.25) is 0 Å². The average molecular weight is 264 g/mol. The van der Waals surface area contributed by atoms with Gasteiger partial charge in [-0.2, -0.15) is 0 Å². The molecule has 1 aromatic carbocycles. The first-order valence-electron chi connectivity index (χ1n) is 7.07. The summed E-state index contributed by atoms with van der Waals surface area (Å²) in [5.74, 6) is 0. The molecule has 0 bridgehead atoms. The molecule has 0 aromatic heterocycles. The van der Waals surface area contributed by atoms with Crippen molar-refractivity contribution in [2.45, 2.75) is 46.3 Å². The van der Waals surface area contributed by atoms with Crippen molar-refractivity contribution < 1.29 is 5.11 Å². The van der Waals surface area contributed by atoms with Crippen LogP contribution in [0.3, 0.4) is 0 Å². The zero-order chi connectivity index (χ0) is 14.5.